The molecule has 0 aliphatic heterocycles. The maximum atomic E-state index is 9.74. The molecule has 2 nitrogen and oxygen atoms in total. The maximum absolute atomic E-state index is 9.74. The van der Waals surface area contributed by atoms with Gasteiger partial charge in [-0.1, -0.05) is 36.4 Å². The number of halogens is 2. The summed E-state index contributed by atoms with van der Waals surface area (Å²) in [4.78, 5) is 0. The molecule has 0 spiro atoms. The molecule has 2 N–H and O–H groups in total. The van der Waals surface area contributed by atoms with Crippen molar-refractivity contribution >= 4 is 23.2 Å². The van der Waals surface area contributed by atoms with Gasteiger partial charge in [0.05, 0.1) is 10.8 Å². The highest BCUT2D eigenvalue weighted by Crippen LogP contribution is 2.44. The van der Waals surface area contributed by atoms with Crippen LogP contribution in [0, 0.1) is 0 Å². The lowest BCUT2D eigenvalue weighted by molar-refractivity contribution is 0.460. The van der Waals surface area contributed by atoms with Crippen LogP contribution in [0.25, 0.3) is 0 Å². The number of benzene rings is 2. The monoisotopic (exact) mass is 282 g/mol. The van der Waals surface area contributed by atoms with Crippen LogP contribution in [-0.4, -0.2) is 10.2 Å². The number of hydrogen-bond acceptors (Lipinski definition) is 2. The van der Waals surface area contributed by atoms with Crippen LogP contribution >= 0.6 is 23.2 Å². The van der Waals surface area contributed by atoms with E-state index in [1.807, 2.05) is 0 Å². The van der Waals surface area contributed by atoms with E-state index in [4.69, 9.17) is 23.2 Å². The minimum absolute atomic E-state index is 0.0959. The van der Waals surface area contributed by atoms with E-state index in [-0.39, 0.29) is 11.5 Å². The summed E-state index contributed by atoms with van der Waals surface area (Å²) in [6.45, 7) is 0. The second kappa shape index (κ2) is 5.51. The van der Waals surface area contributed by atoms with Crippen LogP contribution in [0.4, 0.5) is 0 Å². The molecule has 2 rings (SSSR count). The average Bonchev–Trinajstić information content (AvgIpc) is 2.38. The number of phenols is 2. The Labute approximate surface area is 115 Å². The summed E-state index contributed by atoms with van der Waals surface area (Å²) in [5.41, 5.74) is 1.09. The fourth-order valence-corrected chi connectivity index (χ4v) is 2.40. The molecule has 2 atom stereocenters. The first kappa shape index (κ1) is 13.1. The first-order valence-electron chi connectivity index (χ1n) is 5.45. The molecule has 0 aliphatic rings. The summed E-state index contributed by atoms with van der Waals surface area (Å²) in [5.74, 6) is 0.192. The van der Waals surface area contributed by atoms with Gasteiger partial charge < -0.3 is 10.2 Å². The molecule has 2 aromatic rings. The SMILES string of the molecule is Oc1ccccc1C(Cl)C(Cl)c1ccccc1O. The Morgan fingerprint density at radius 3 is 1.33 bits per heavy atom. The largest absolute Gasteiger partial charge is 0.508 e. The zero-order chi connectivity index (χ0) is 13.1. The van der Waals surface area contributed by atoms with Crippen LogP contribution < -0.4 is 0 Å². The van der Waals surface area contributed by atoms with E-state index in [9.17, 15) is 10.2 Å². The third-order valence-electron chi connectivity index (χ3n) is 2.72. The van der Waals surface area contributed by atoms with E-state index >= 15 is 0 Å². The lowest BCUT2D eigenvalue weighted by Crippen LogP contribution is -2.01. The van der Waals surface area contributed by atoms with Crippen LogP contribution in [0.15, 0.2) is 48.5 Å². The number of hydrogen-bond donors (Lipinski definition) is 2. The van der Waals surface area contributed by atoms with Crippen molar-refractivity contribution in [2.75, 3.05) is 0 Å². The van der Waals surface area contributed by atoms with Gasteiger partial charge in [0.1, 0.15) is 11.5 Å². The zero-order valence-corrected chi connectivity index (χ0v) is 10.9. The summed E-state index contributed by atoms with van der Waals surface area (Å²) in [5, 5.41) is 18.2. The second-order valence-corrected chi connectivity index (χ2v) is 4.86. The lowest BCUT2D eigenvalue weighted by Gasteiger charge is -2.18. The molecule has 4 heteroatoms. The molecule has 0 radical (unpaired) electrons. The quantitative estimate of drug-likeness (QED) is 0.822. The summed E-state index contributed by atoms with van der Waals surface area (Å²) in [6, 6.07) is 13.5. The Kier molecular flexibility index (Phi) is 4.00. The van der Waals surface area contributed by atoms with Crippen molar-refractivity contribution in [2.24, 2.45) is 0 Å². The third kappa shape index (κ3) is 2.55. The van der Waals surface area contributed by atoms with Gasteiger partial charge >= 0.3 is 0 Å². The molecule has 18 heavy (non-hydrogen) atoms. The van der Waals surface area contributed by atoms with E-state index in [0.29, 0.717) is 11.1 Å². The predicted octanol–water partition coefficient (Wildman–Crippen LogP) is 4.36. The molecule has 94 valence electrons. The van der Waals surface area contributed by atoms with Gasteiger partial charge in [0.15, 0.2) is 0 Å². The molecule has 0 saturated heterocycles. The second-order valence-electron chi connectivity index (χ2n) is 3.92. The topological polar surface area (TPSA) is 40.5 Å². The summed E-state index contributed by atoms with van der Waals surface area (Å²) >= 11 is 12.5. The predicted molar refractivity (Wildman–Crippen MR) is 73.4 cm³/mol. The molecule has 0 fully saturated rings. The Balaban J connectivity index is 2.33. The van der Waals surface area contributed by atoms with Crippen molar-refractivity contribution < 1.29 is 10.2 Å². The van der Waals surface area contributed by atoms with Gasteiger partial charge in [-0.15, -0.1) is 23.2 Å². The first-order valence-corrected chi connectivity index (χ1v) is 6.32. The highest BCUT2D eigenvalue weighted by atomic mass is 35.5. The van der Waals surface area contributed by atoms with Gasteiger partial charge in [-0.25, -0.2) is 0 Å². The van der Waals surface area contributed by atoms with Crippen molar-refractivity contribution in [3.8, 4) is 11.5 Å². The fraction of sp³-hybridized carbons (Fsp3) is 0.143. The number of phenolic OH excluding ortho intramolecular Hbond substituents is 2. The standard InChI is InChI=1S/C14H12Cl2O2/c15-13(9-5-1-3-7-11(9)17)14(16)10-6-2-4-8-12(10)18/h1-8,13-14,17-18H. The van der Waals surface area contributed by atoms with Crippen molar-refractivity contribution in [1.29, 1.82) is 0 Å². The average molecular weight is 283 g/mol. The molecule has 0 aliphatic carbocycles. The number of aromatic hydroxyl groups is 2. The molecule has 2 aromatic carbocycles. The molecular weight excluding hydrogens is 271 g/mol. The third-order valence-corrected chi connectivity index (χ3v) is 3.83. The molecule has 0 amide bonds. The van der Waals surface area contributed by atoms with E-state index < -0.39 is 10.8 Å². The van der Waals surface area contributed by atoms with Gasteiger partial charge in [0.2, 0.25) is 0 Å². The molecule has 0 aromatic heterocycles. The van der Waals surface area contributed by atoms with Gasteiger partial charge in [0, 0.05) is 11.1 Å². The Morgan fingerprint density at radius 2 is 1.00 bits per heavy atom. The highest BCUT2D eigenvalue weighted by Gasteiger charge is 2.24. The van der Waals surface area contributed by atoms with Crippen LogP contribution in [0.3, 0.4) is 0 Å². The van der Waals surface area contributed by atoms with Crippen molar-refractivity contribution in [3.63, 3.8) is 0 Å². The maximum Gasteiger partial charge on any atom is 0.120 e. The Morgan fingerprint density at radius 1 is 0.667 bits per heavy atom. The van der Waals surface area contributed by atoms with Gasteiger partial charge in [0.25, 0.3) is 0 Å². The minimum atomic E-state index is -0.624. The van der Waals surface area contributed by atoms with E-state index in [1.165, 1.54) is 0 Å². The molecule has 2 unspecified atom stereocenters. The lowest BCUT2D eigenvalue weighted by atomic mass is 10.0. The van der Waals surface area contributed by atoms with Crippen molar-refractivity contribution in [3.05, 3.63) is 59.7 Å². The van der Waals surface area contributed by atoms with Gasteiger partial charge in [-0.2, -0.15) is 0 Å². The Bertz CT molecular complexity index is 493. The molecule has 0 saturated carbocycles. The number of rotatable bonds is 3. The van der Waals surface area contributed by atoms with Crippen LogP contribution in [0.2, 0.25) is 0 Å². The molecule has 0 heterocycles. The summed E-state index contributed by atoms with van der Waals surface area (Å²) < 4.78 is 0. The Hall–Kier alpha value is -1.38. The van der Waals surface area contributed by atoms with E-state index in [2.05, 4.69) is 0 Å². The summed E-state index contributed by atoms with van der Waals surface area (Å²) in [7, 11) is 0. The van der Waals surface area contributed by atoms with Crippen molar-refractivity contribution in [1.82, 2.24) is 0 Å². The van der Waals surface area contributed by atoms with Gasteiger partial charge in [-0.3, -0.25) is 0 Å². The van der Waals surface area contributed by atoms with E-state index in [0.717, 1.165) is 0 Å². The smallest absolute Gasteiger partial charge is 0.120 e. The zero-order valence-electron chi connectivity index (χ0n) is 9.42. The van der Waals surface area contributed by atoms with E-state index in [1.54, 1.807) is 48.5 Å². The number of para-hydroxylation sites is 2. The normalized spacial score (nSPS) is 14.1. The van der Waals surface area contributed by atoms with Crippen LogP contribution in [0.1, 0.15) is 21.9 Å². The molecular formula is C14H12Cl2O2. The van der Waals surface area contributed by atoms with Crippen LogP contribution in [0.5, 0.6) is 11.5 Å². The van der Waals surface area contributed by atoms with Crippen molar-refractivity contribution in [2.45, 2.75) is 10.8 Å². The minimum Gasteiger partial charge on any atom is -0.508 e. The van der Waals surface area contributed by atoms with Crippen LogP contribution in [-0.2, 0) is 0 Å². The van der Waals surface area contributed by atoms with Gasteiger partial charge in [-0.05, 0) is 12.1 Å². The molecule has 0 bridgehead atoms. The fourth-order valence-electron chi connectivity index (χ4n) is 1.76. The summed E-state index contributed by atoms with van der Waals surface area (Å²) in [6.07, 6.45) is 0. The highest BCUT2D eigenvalue weighted by molar-refractivity contribution is 6.30. The first-order chi connectivity index (χ1) is 8.61. The number of alkyl halides is 2.